The summed E-state index contributed by atoms with van der Waals surface area (Å²) in [6.07, 6.45) is 5.98. The molecule has 1 unspecified atom stereocenters. The van der Waals surface area contributed by atoms with Crippen molar-refractivity contribution in [3.63, 3.8) is 0 Å². The van der Waals surface area contributed by atoms with Crippen LogP contribution in [0.3, 0.4) is 0 Å². The lowest BCUT2D eigenvalue weighted by atomic mass is 10.0. The lowest BCUT2D eigenvalue weighted by Gasteiger charge is -2.36. The van der Waals surface area contributed by atoms with Crippen molar-refractivity contribution in [2.75, 3.05) is 33.3 Å². The van der Waals surface area contributed by atoms with Crippen LogP contribution in [-0.4, -0.2) is 83.3 Å². The monoisotopic (exact) mass is 524 g/mol. The van der Waals surface area contributed by atoms with Gasteiger partial charge in [0.05, 0.1) is 30.9 Å². The molecule has 1 aromatic carbocycles. The third kappa shape index (κ3) is 5.00. The van der Waals surface area contributed by atoms with E-state index in [0.717, 1.165) is 47.2 Å². The Balaban J connectivity index is 1.29. The Labute approximate surface area is 215 Å². The van der Waals surface area contributed by atoms with Crippen molar-refractivity contribution in [2.45, 2.75) is 32.0 Å². The molecule has 0 aliphatic carbocycles. The minimum Gasteiger partial charge on any atom is -0.481 e. The highest BCUT2D eigenvalue weighted by Crippen LogP contribution is 2.34. The molecule has 5 heterocycles. The third-order valence-corrected chi connectivity index (χ3v) is 7.52. The smallest absolute Gasteiger partial charge is 0.248 e. The van der Waals surface area contributed by atoms with Gasteiger partial charge in [-0.05, 0) is 43.1 Å². The molecule has 0 saturated carbocycles. The highest BCUT2D eigenvalue weighted by Gasteiger charge is 2.31. The Morgan fingerprint density at radius 3 is 3.00 bits per heavy atom. The Bertz CT molecular complexity index is 1440. The number of benzene rings is 1. The second kappa shape index (κ2) is 10.3. The minimum absolute atomic E-state index is 0.119. The van der Waals surface area contributed by atoms with Gasteiger partial charge in [0.1, 0.15) is 0 Å². The summed E-state index contributed by atoms with van der Waals surface area (Å²) in [5.41, 5.74) is 3.89. The molecule has 0 radical (unpaired) electrons. The number of aromatic nitrogens is 5. The molecule has 3 N–H and O–H groups in total. The molecule has 194 valence electrons. The normalized spacial score (nSPS) is 19.4. The number of piperazine rings is 1. The predicted molar refractivity (Wildman–Crippen MR) is 137 cm³/mol. The highest BCUT2D eigenvalue weighted by atomic mass is 32.2. The van der Waals surface area contributed by atoms with E-state index in [4.69, 9.17) is 13.7 Å². The second-order valence-electron chi connectivity index (χ2n) is 9.39. The topological polar surface area (TPSA) is 146 Å². The molecule has 2 atom stereocenters. The molecule has 0 spiro atoms. The van der Waals surface area contributed by atoms with E-state index in [0.29, 0.717) is 35.8 Å². The first-order valence-corrected chi connectivity index (χ1v) is 13.3. The maximum atomic E-state index is 11.1. The Morgan fingerprint density at radius 1 is 1.22 bits per heavy atom. The van der Waals surface area contributed by atoms with Crippen molar-refractivity contribution in [1.29, 1.82) is 0 Å². The quantitative estimate of drug-likeness (QED) is 0.293. The summed E-state index contributed by atoms with van der Waals surface area (Å²) >= 11 is -2.15. The van der Waals surface area contributed by atoms with Crippen LogP contribution in [0.4, 0.5) is 0 Å². The molecule has 13 heteroatoms. The molecule has 0 bridgehead atoms. The van der Waals surface area contributed by atoms with E-state index in [1.165, 1.54) is 26.5 Å². The first-order chi connectivity index (χ1) is 18.1. The van der Waals surface area contributed by atoms with Crippen molar-refractivity contribution < 1.29 is 17.9 Å². The Kier molecular flexibility index (Phi) is 6.69. The lowest BCUT2D eigenvalue weighted by molar-refractivity contribution is 0.0929. The standard InChI is InChI=1S/C24H28N8O4S/c1-35-23-17(11-27-37(33)34)7-16(10-25-23)15-8-19(20-12-26-28-21(20)9-15)24-30-29-22(36-24)14-31-5-6-32-4-2-3-18(32)13-31/h7-10,12,18,27H,2-6,11,13-14H2,1H3,(H,26,28)(H,33,34)/t18-/m0/s1. The SMILES string of the molecule is COc1ncc(-c2cc(-c3nnc(CN4CCN5CCC[C@H]5C4)o3)c3cn[nH]c3c2)cc1CNS(=O)O. The average molecular weight is 525 g/mol. The van der Waals surface area contributed by atoms with Gasteiger partial charge in [0.15, 0.2) is 0 Å². The van der Waals surface area contributed by atoms with Crippen LogP contribution in [0.15, 0.2) is 35.0 Å². The summed E-state index contributed by atoms with van der Waals surface area (Å²) in [5, 5.41) is 16.8. The Morgan fingerprint density at radius 2 is 2.14 bits per heavy atom. The van der Waals surface area contributed by atoms with Crippen molar-refractivity contribution in [3.8, 4) is 28.5 Å². The predicted octanol–water partition coefficient (Wildman–Crippen LogP) is 2.19. The number of H-pyrrole nitrogens is 1. The zero-order chi connectivity index (χ0) is 25.4. The molecular formula is C24H28N8O4S. The number of rotatable bonds is 8. The van der Waals surface area contributed by atoms with Gasteiger partial charge in [-0.25, -0.2) is 13.9 Å². The van der Waals surface area contributed by atoms with Crippen LogP contribution >= 0.6 is 0 Å². The van der Waals surface area contributed by atoms with E-state index < -0.39 is 11.3 Å². The summed E-state index contributed by atoms with van der Waals surface area (Å²) in [4.78, 5) is 9.36. The first kappa shape index (κ1) is 24.1. The molecule has 2 saturated heterocycles. The fourth-order valence-corrected chi connectivity index (χ4v) is 5.60. The number of hydrogen-bond acceptors (Lipinski definition) is 9. The molecule has 4 aromatic rings. The average Bonchev–Trinajstić information content (AvgIpc) is 3.67. The van der Waals surface area contributed by atoms with Gasteiger partial charge >= 0.3 is 0 Å². The van der Waals surface area contributed by atoms with Crippen molar-refractivity contribution in [3.05, 3.63) is 42.0 Å². The van der Waals surface area contributed by atoms with Gasteiger partial charge < -0.3 is 9.15 Å². The molecule has 2 fully saturated rings. The third-order valence-electron chi connectivity index (χ3n) is 7.12. The van der Waals surface area contributed by atoms with Crippen molar-refractivity contribution in [2.24, 2.45) is 0 Å². The van der Waals surface area contributed by atoms with Crippen LogP contribution in [0.5, 0.6) is 5.88 Å². The Hall–Kier alpha value is -3.23. The summed E-state index contributed by atoms with van der Waals surface area (Å²) in [6.45, 7) is 5.09. The second-order valence-corrected chi connectivity index (χ2v) is 10.2. The van der Waals surface area contributed by atoms with Gasteiger partial charge in [-0.3, -0.25) is 19.5 Å². The van der Waals surface area contributed by atoms with Crippen LogP contribution in [0.1, 0.15) is 24.3 Å². The number of pyridine rings is 1. The van der Waals surface area contributed by atoms with Crippen LogP contribution in [-0.2, 0) is 24.4 Å². The van der Waals surface area contributed by atoms with Gasteiger partial charge in [-0.1, -0.05) is 0 Å². The molecule has 0 amide bonds. The summed E-state index contributed by atoms with van der Waals surface area (Å²) < 4.78 is 34.2. The number of methoxy groups -OCH3 is 1. The van der Waals surface area contributed by atoms with Gasteiger partial charge in [0.2, 0.25) is 28.9 Å². The molecule has 12 nitrogen and oxygen atoms in total. The van der Waals surface area contributed by atoms with Crippen LogP contribution in [0.25, 0.3) is 33.5 Å². The fraction of sp³-hybridized carbons (Fsp3) is 0.417. The van der Waals surface area contributed by atoms with E-state index in [1.807, 2.05) is 18.2 Å². The maximum Gasteiger partial charge on any atom is 0.248 e. The number of fused-ring (bicyclic) bond motifs is 2. The van der Waals surface area contributed by atoms with Gasteiger partial charge in [-0.15, -0.1) is 10.2 Å². The number of hydrogen-bond donors (Lipinski definition) is 3. The molecule has 2 aliphatic heterocycles. The van der Waals surface area contributed by atoms with Gasteiger partial charge in [0.25, 0.3) is 0 Å². The lowest BCUT2D eigenvalue weighted by Crippen LogP contribution is -2.49. The molecule has 3 aromatic heterocycles. The zero-order valence-electron chi connectivity index (χ0n) is 20.4. The van der Waals surface area contributed by atoms with E-state index in [-0.39, 0.29) is 6.54 Å². The summed E-state index contributed by atoms with van der Waals surface area (Å²) in [5.74, 6) is 1.41. The number of nitrogens with one attached hydrogen (secondary N) is 2. The van der Waals surface area contributed by atoms with E-state index >= 15 is 0 Å². The van der Waals surface area contributed by atoms with E-state index in [1.54, 1.807) is 12.4 Å². The van der Waals surface area contributed by atoms with Gasteiger partial charge in [0, 0.05) is 54.9 Å². The largest absolute Gasteiger partial charge is 0.481 e. The number of ether oxygens (including phenoxy) is 1. The molecule has 6 rings (SSSR count). The summed E-state index contributed by atoms with van der Waals surface area (Å²) in [7, 11) is 1.51. The van der Waals surface area contributed by atoms with Crippen LogP contribution < -0.4 is 9.46 Å². The van der Waals surface area contributed by atoms with Crippen molar-refractivity contribution >= 4 is 22.2 Å². The van der Waals surface area contributed by atoms with Crippen molar-refractivity contribution in [1.82, 2.24) is 39.9 Å². The molecular weight excluding hydrogens is 496 g/mol. The molecule has 37 heavy (non-hydrogen) atoms. The molecule has 2 aliphatic rings. The van der Waals surface area contributed by atoms with Crippen LogP contribution in [0, 0.1) is 0 Å². The van der Waals surface area contributed by atoms with E-state index in [2.05, 4.69) is 39.9 Å². The fourth-order valence-electron chi connectivity index (χ4n) is 5.32. The van der Waals surface area contributed by atoms with Crippen LogP contribution in [0.2, 0.25) is 0 Å². The maximum absolute atomic E-state index is 11.1. The minimum atomic E-state index is -2.15. The first-order valence-electron chi connectivity index (χ1n) is 12.2. The highest BCUT2D eigenvalue weighted by molar-refractivity contribution is 7.77. The number of aromatic amines is 1. The van der Waals surface area contributed by atoms with E-state index in [9.17, 15) is 4.21 Å². The summed E-state index contributed by atoms with van der Waals surface area (Å²) in [6, 6.07) is 6.44. The van der Waals surface area contributed by atoms with Gasteiger partial charge in [-0.2, -0.15) is 5.10 Å². The number of nitrogens with zero attached hydrogens (tertiary/aromatic N) is 6. The zero-order valence-corrected chi connectivity index (χ0v) is 21.2.